The van der Waals surface area contributed by atoms with Crippen molar-refractivity contribution in [2.45, 2.75) is 26.2 Å². The minimum Gasteiger partial charge on any atom is -0.398 e. The second-order valence-corrected chi connectivity index (χ2v) is 5.34. The number of hydrogen-bond donors (Lipinski definition) is 1. The molecule has 0 bridgehead atoms. The highest BCUT2D eigenvalue weighted by molar-refractivity contribution is 6.09. The molecule has 0 atom stereocenters. The van der Waals surface area contributed by atoms with Crippen LogP contribution in [0.3, 0.4) is 0 Å². The van der Waals surface area contributed by atoms with Crippen molar-refractivity contribution in [3.8, 4) is 0 Å². The van der Waals surface area contributed by atoms with Crippen molar-refractivity contribution in [3.05, 3.63) is 64.0 Å². The van der Waals surface area contributed by atoms with Crippen molar-refractivity contribution in [1.82, 2.24) is 0 Å². The molecule has 3 rings (SSSR count). The van der Waals surface area contributed by atoms with Crippen LogP contribution in [0, 0.1) is 12.7 Å². The number of halogens is 1. The summed E-state index contributed by atoms with van der Waals surface area (Å²) in [6, 6.07) is 8.57. The third-order valence-electron chi connectivity index (χ3n) is 4.01. The Kier molecular flexibility index (Phi) is 3.05. The summed E-state index contributed by atoms with van der Waals surface area (Å²) in [5, 5.41) is 0. The number of nitrogens with two attached hydrogens (primary N) is 1. The third-order valence-corrected chi connectivity index (χ3v) is 4.01. The van der Waals surface area contributed by atoms with E-state index in [9.17, 15) is 9.18 Å². The molecule has 20 heavy (non-hydrogen) atoms. The van der Waals surface area contributed by atoms with Crippen LogP contribution in [0.25, 0.3) is 0 Å². The summed E-state index contributed by atoms with van der Waals surface area (Å²) in [6.45, 7) is 1.61. The fourth-order valence-electron chi connectivity index (χ4n) is 2.71. The lowest BCUT2D eigenvalue weighted by atomic mass is 9.98. The summed E-state index contributed by atoms with van der Waals surface area (Å²) in [4.78, 5) is 12.4. The number of carbonyl (C=O) groups excluding carboxylic acids is 1. The fraction of sp³-hybridized carbons (Fsp3) is 0.235. The minimum absolute atomic E-state index is 0.176. The fourth-order valence-corrected chi connectivity index (χ4v) is 2.71. The zero-order chi connectivity index (χ0) is 14.3. The minimum atomic E-state index is -0.436. The molecular weight excluding hydrogens is 253 g/mol. The van der Waals surface area contributed by atoms with E-state index in [0.717, 1.165) is 19.3 Å². The van der Waals surface area contributed by atoms with Crippen LogP contribution in [0.15, 0.2) is 30.3 Å². The molecule has 0 amide bonds. The summed E-state index contributed by atoms with van der Waals surface area (Å²) in [5.41, 5.74) is 9.90. The van der Waals surface area contributed by atoms with E-state index in [1.165, 1.54) is 17.2 Å². The number of benzene rings is 2. The van der Waals surface area contributed by atoms with Crippen LogP contribution in [0.5, 0.6) is 0 Å². The van der Waals surface area contributed by atoms with Gasteiger partial charge < -0.3 is 5.73 Å². The molecule has 1 aliphatic carbocycles. The number of anilines is 1. The Morgan fingerprint density at radius 2 is 1.85 bits per heavy atom. The van der Waals surface area contributed by atoms with E-state index in [4.69, 9.17) is 5.73 Å². The first-order chi connectivity index (χ1) is 9.56. The molecule has 0 heterocycles. The number of rotatable bonds is 2. The van der Waals surface area contributed by atoms with Gasteiger partial charge in [0.1, 0.15) is 5.82 Å². The Hall–Kier alpha value is -2.16. The first kappa shape index (κ1) is 12.9. The zero-order valence-electron chi connectivity index (χ0n) is 11.4. The maximum Gasteiger partial charge on any atom is 0.193 e. The Balaban J connectivity index is 2.00. The van der Waals surface area contributed by atoms with E-state index < -0.39 is 5.82 Å². The number of ketones is 1. The van der Waals surface area contributed by atoms with Crippen LogP contribution in [0.2, 0.25) is 0 Å². The molecule has 0 spiro atoms. The standard InChI is InChI=1S/C17H16FNO/c1-10-15(18)8-14(9-16(10)19)17(20)13-6-5-11-3-2-4-12(11)7-13/h5-9H,2-4,19H2,1H3. The quantitative estimate of drug-likeness (QED) is 0.670. The first-order valence-electron chi connectivity index (χ1n) is 6.78. The molecule has 0 saturated heterocycles. The molecule has 2 aromatic rings. The maximum atomic E-state index is 13.7. The van der Waals surface area contributed by atoms with E-state index in [1.54, 1.807) is 13.0 Å². The predicted octanol–water partition coefficient (Wildman–Crippen LogP) is 3.44. The third kappa shape index (κ3) is 2.09. The lowest BCUT2D eigenvalue weighted by molar-refractivity contribution is 0.103. The molecule has 2 N–H and O–H groups in total. The predicted molar refractivity (Wildman–Crippen MR) is 77.4 cm³/mol. The SMILES string of the molecule is Cc1c(N)cc(C(=O)c2ccc3c(c2)CCC3)cc1F. The van der Waals surface area contributed by atoms with E-state index >= 15 is 0 Å². The van der Waals surface area contributed by atoms with E-state index in [2.05, 4.69) is 0 Å². The topological polar surface area (TPSA) is 43.1 Å². The average Bonchev–Trinajstić information content (AvgIpc) is 2.90. The van der Waals surface area contributed by atoms with Crippen LogP contribution < -0.4 is 5.73 Å². The van der Waals surface area contributed by atoms with Gasteiger partial charge in [0.25, 0.3) is 0 Å². The van der Waals surface area contributed by atoms with Crippen LogP contribution in [-0.4, -0.2) is 5.78 Å². The average molecular weight is 269 g/mol. The molecule has 0 radical (unpaired) electrons. The van der Waals surface area contributed by atoms with Gasteiger partial charge in [0, 0.05) is 22.4 Å². The summed E-state index contributed by atoms with van der Waals surface area (Å²) in [6.07, 6.45) is 3.23. The van der Waals surface area contributed by atoms with Crippen LogP contribution >= 0.6 is 0 Å². The molecular formula is C17H16FNO. The highest BCUT2D eigenvalue weighted by Crippen LogP contribution is 2.25. The molecule has 2 nitrogen and oxygen atoms in total. The van der Waals surface area contributed by atoms with Crippen molar-refractivity contribution in [1.29, 1.82) is 0 Å². The van der Waals surface area contributed by atoms with Gasteiger partial charge in [-0.15, -0.1) is 0 Å². The number of aryl methyl sites for hydroxylation is 2. The van der Waals surface area contributed by atoms with Crippen molar-refractivity contribution in [2.75, 3.05) is 5.73 Å². The number of fused-ring (bicyclic) bond motifs is 1. The van der Waals surface area contributed by atoms with Crippen molar-refractivity contribution in [3.63, 3.8) is 0 Å². The maximum absolute atomic E-state index is 13.7. The summed E-state index contributed by atoms with van der Waals surface area (Å²) < 4.78 is 13.7. The Bertz CT molecular complexity index is 683. The lowest BCUT2D eigenvalue weighted by Crippen LogP contribution is -2.05. The molecule has 0 aromatic heterocycles. The molecule has 3 heteroatoms. The van der Waals surface area contributed by atoms with E-state index in [1.807, 2.05) is 18.2 Å². The highest BCUT2D eigenvalue weighted by atomic mass is 19.1. The molecule has 0 saturated carbocycles. The van der Waals surface area contributed by atoms with Crippen molar-refractivity contribution < 1.29 is 9.18 Å². The van der Waals surface area contributed by atoms with Crippen LogP contribution in [0.1, 0.15) is 39.0 Å². The monoisotopic (exact) mass is 269 g/mol. The first-order valence-corrected chi connectivity index (χ1v) is 6.78. The molecule has 0 aliphatic heterocycles. The Labute approximate surface area is 117 Å². The van der Waals surface area contributed by atoms with Gasteiger partial charge in [0.05, 0.1) is 0 Å². The van der Waals surface area contributed by atoms with Crippen molar-refractivity contribution in [2.24, 2.45) is 0 Å². The molecule has 2 aromatic carbocycles. The van der Waals surface area contributed by atoms with Gasteiger partial charge in [-0.05, 0) is 55.5 Å². The normalized spacial score (nSPS) is 13.3. The van der Waals surface area contributed by atoms with Gasteiger partial charge in [-0.3, -0.25) is 4.79 Å². The van der Waals surface area contributed by atoms with Crippen LogP contribution in [-0.2, 0) is 12.8 Å². The molecule has 1 aliphatic rings. The molecule has 102 valence electrons. The second kappa shape index (κ2) is 4.75. The van der Waals surface area contributed by atoms with Gasteiger partial charge in [0.2, 0.25) is 0 Å². The van der Waals surface area contributed by atoms with Gasteiger partial charge in [-0.25, -0.2) is 4.39 Å². The summed E-state index contributed by atoms with van der Waals surface area (Å²) in [5.74, 6) is -0.611. The molecule has 0 unspecified atom stereocenters. The number of hydrogen-bond acceptors (Lipinski definition) is 2. The second-order valence-electron chi connectivity index (χ2n) is 5.34. The Morgan fingerprint density at radius 1 is 1.10 bits per heavy atom. The van der Waals surface area contributed by atoms with E-state index in [0.29, 0.717) is 22.4 Å². The van der Waals surface area contributed by atoms with Gasteiger partial charge >= 0.3 is 0 Å². The Morgan fingerprint density at radius 3 is 2.60 bits per heavy atom. The zero-order valence-corrected chi connectivity index (χ0v) is 11.4. The van der Waals surface area contributed by atoms with E-state index in [-0.39, 0.29) is 5.78 Å². The van der Waals surface area contributed by atoms with Crippen LogP contribution in [0.4, 0.5) is 10.1 Å². The smallest absolute Gasteiger partial charge is 0.193 e. The van der Waals surface area contributed by atoms with Gasteiger partial charge in [0.15, 0.2) is 5.78 Å². The van der Waals surface area contributed by atoms with Gasteiger partial charge in [-0.2, -0.15) is 0 Å². The highest BCUT2D eigenvalue weighted by Gasteiger charge is 2.16. The summed E-state index contributed by atoms with van der Waals surface area (Å²) >= 11 is 0. The van der Waals surface area contributed by atoms with Gasteiger partial charge in [-0.1, -0.05) is 12.1 Å². The lowest BCUT2D eigenvalue weighted by Gasteiger charge is -2.08. The summed E-state index contributed by atoms with van der Waals surface area (Å²) in [7, 11) is 0. The number of nitrogen functional groups attached to an aromatic ring is 1. The largest absolute Gasteiger partial charge is 0.398 e. The number of carbonyl (C=O) groups is 1. The van der Waals surface area contributed by atoms with Crippen molar-refractivity contribution >= 4 is 11.5 Å². The molecule has 0 fully saturated rings.